The molecule has 0 spiro atoms. The Hall–Kier alpha value is -3.10. The summed E-state index contributed by atoms with van der Waals surface area (Å²) in [6.45, 7) is 11.6. The van der Waals surface area contributed by atoms with E-state index < -0.39 is 42.0 Å². The van der Waals surface area contributed by atoms with Crippen LogP contribution in [-0.4, -0.2) is 52.9 Å². The number of primary amides is 1. The van der Waals surface area contributed by atoms with Crippen molar-refractivity contribution in [1.82, 2.24) is 15.5 Å². The predicted octanol–water partition coefficient (Wildman–Crippen LogP) is 3.80. The highest BCUT2D eigenvalue weighted by molar-refractivity contribution is 5.95. The number of aryl methyl sites for hydroxylation is 2. The Kier molecular flexibility index (Phi) is 10.9. The van der Waals surface area contributed by atoms with Gasteiger partial charge >= 0.3 is 6.09 Å². The molecule has 206 valence electrons. The van der Waals surface area contributed by atoms with Crippen molar-refractivity contribution in [3.63, 3.8) is 0 Å². The number of nitrogens with two attached hydrogens (primary N) is 1. The normalized spacial score (nSPS) is 15.2. The molecule has 9 heteroatoms. The van der Waals surface area contributed by atoms with Crippen molar-refractivity contribution in [3.8, 4) is 0 Å². The number of alkyl carbamates (subject to hydrolysis) is 1. The minimum Gasteiger partial charge on any atom is -0.444 e. The number of nitrogens with zero attached hydrogens (tertiary/aromatic N) is 1. The average Bonchev–Trinajstić information content (AvgIpc) is 2.74. The van der Waals surface area contributed by atoms with Gasteiger partial charge in [-0.3, -0.25) is 14.4 Å². The maximum atomic E-state index is 14.1. The van der Waals surface area contributed by atoms with Gasteiger partial charge in [-0.05, 0) is 77.0 Å². The quantitative estimate of drug-likeness (QED) is 0.364. The van der Waals surface area contributed by atoms with Gasteiger partial charge in [0, 0.05) is 12.6 Å². The number of carbonyl (C=O) groups excluding carboxylic acids is 4. The molecule has 0 saturated heterocycles. The third-order valence-electron chi connectivity index (χ3n) is 6.54. The fraction of sp³-hybridized carbons (Fsp3) is 0.643. The van der Waals surface area contributed by atoms with Crippen molar-refractivity contribution < 1.29 is 23.9 Å². The van der Waals surface area contributed by atoms with E-state index in [1.54, 1.807) is 25.7 Å². The Balaban J connectivity index is 2.51. The lowest BCUT2D eigenvalue weighted by molar-refractivity contribution is -0.148. The third-order valence-corrected chi connectivity index (χ3v) is 6.54. The summed E-state index contributed by atoms with van der Waals surface area (Å²) < 4.78 is 5.34. The van der Waals surface area contributed by atoms with Crippen LogP contribution in [0.25, 0.3) is 0 Å². The molecule has 2 rings (SSSR count). The van der Waals surface area contributed by atoms with E-state index in [1.165, 1.54) is 0 Å². The monoisotopic (exact) mass is 516 g/mol. The number of ether oxygens (including phenoxy) is 1. The van der Waals surface area contributed by atoms with Crippen LogP contribution in [0.5, 0.6) is 0 Å². The molecule has 9 nitrogen and oxygen atoms in total. The molecule has 0 bridgehead atoms. The van der Waals surface area contributed by atoms with Crippen molar-refractivity contribution in [2.45, 2.75) is 110 Å². The zero-order valence-electron chi connectivity index (χ0n) is 23.2. The summed E-state index contributed by atoms with van der Waals surface area (Å²) in [4.78, 5) is 53.9. The number of hydrogen-bond donors (Lipinski definition) is 3. The molecule has 1 aromatic rings. The van der Waals surface area contributed by atoms with E-state index in [2.05, 4.69) is 17.6 Å². The van der Waals surface area contributed by atoms with E-state index in [4.69, 9.17) is 10.5 Å². The van der Waals surface area contributed by atoms with E-state index in [0.717, 1.165) is 55.2 Å². The first-order valence-electron chi connectivity index (χ1n) is 13.3. The van der Waals surface area contributed by atoms with Crippen LogP contribution < -0.4 is 16.4 Å². The second-order valence-electron chi connectivity index (χ2n) is 10.9. The summed E-state index contributed by atoms with van der Waals surface area (Å²) in [5.41, 5.74) is 7.20. The molecule has 0 heterocycles. The van der Waals surface area contributed by atoms with E-state index in [9.17, 15) is 19.2 Å². The second kappa shape index (κ2) is 13.4. The molecule has 37 heavy (non-hydrogen) atoms. The van der Waals surface area contributed by atoms with Gasteiger partial charge < -0.3 is 26.0 Å². The molecule has 1 aliphatic carbocycles. The first-order valence-corrected chi connectivity index (χ1v) is 13.3. The highest BCUT2D eigenvalue weighted by atomic mass is 16.6. The molecular formula is C28H44N4O5. The van der Waals surface area contributed by atoms with Crippen molar-refractivity contribution in [2.75, 3.05) is 6.54 Å². The van der Waals surface area contributed by atoms with Gasteiger partial charge in [-0.2, -0.15) is 0 Å². The number of benzene rings is 1. The molecule has 1 aromatic carbocycles. The van der Waals surface area contributed by atoms with E-state index in [1.807, 2.05) is 32.0 Å². The molecule has 2 unspecified atom stereocenters. The Morgan fingerprint density at radius 1 is 1.11 bits per heavy atom. The van der Waals surface area contributed by atoms with Crippen molar-refractivity contribution in [1.29, 1.82) is 0 Å². The molecule has 1 fully saturated rings. The maximum Gasteiger partial charge on any atom is 0.408 e. The van der Waals surface area contributed by atoms with Crippen LogP contribution in [0.1, 0.15) is 95.4 Å². The zero-order valence-corrected chi connectivity index (χ0v) is 23.2. The summed E-state index contributed by atoms with van der Waals surface area (Å²) in [5, 5.41) is 5.56. The largest absolute Gasteiger partial charge is 0.444 e. The average molecular weight is 517 g/mol. The van der Waals surface area contributed by atoms with Crippen molar-refractivity contribution in [2.24, 2.45) is 5.73 Å². The molecule has 0 radical (unpaired) electrons. The van der Waals surface area contributed by atoms with Gasteiger partial charge in [-0.15, -0.1) is 0 Å². The fourth-order valence-corrected chi connectivity index (χ4v) is 4.55. The smallest absolute Gasteiger partial charge is 0.408 e. The molecule has 1 aliphatic rings. The van der Waals surface area contributed by atoms with Gasteiger partial charge in [0.15, 0.2) is 0 Å². The standard InChI is InChI=1S/C28H44N4O5/c1-7-8-9-16-30-25(34)24(23-18(2)12-10-13-19(23)3)32(20-14-11-15-20)26(35)21(17-22(29)33)31-27(36)37-28(4,5)6/h10,12-13,20-21,24H,7-9,11,14-17H2,1-6H3,(H2,29,33)(H,30,34)(H,31,36). The highest BCUT2D eigenvalue weighted by Crippen LogP contribution is 2.36. The van der Waals surface area contributed by atoms with Gasteiger partial charge in [0.1, 0.15) is 17.7 Å². The predicted molar refractivity (Wildman–Crippen MR) is 143 cm³/mol. The van der Waals surface area contributed by atoms with Crippen LogP contribution in [0.2, 0.25) is 0 Å². The molecule has 1 saturated carbocycles. The van der Waals surface area contributed by atoms with Crippen LogP contribution in [0.3, 0.4) is 0 Å². The highest BCUT2D eigenvalue weighted by Gasteiger charge is 2.43. The van der Waals surface area contributed by atoms with Crippen LogP contribution in [-0.2, 0) is 19.1 Å². The van der Waals surface area contributed by atoms with Crippen molar-refractivity contribution in [3.05, 3.63) is 34.9 Å². The summed E-state index contributed by atoms with van der Waals surface area (Å²) >= 11 is 0. The summed E-state index contributed by atoms with van der Waals surface area (Å²) in [5.74, 6) is -1.54. The van der Waals surface area contributed by atoms with Crippen LogP contribution >= 0.6 is 0 Å². The van der Waals surface area contributed by atoms with Crippen LogP contribution in [0.15, 0.2) is 18.2 Å². The molecule has 4 amide bonds. The topological polar surface area (TPSA) is 131 Å². The second-order valence-corrected chi connectivity index (χ2v) is 10.9. The molecule has 4 N–H and O–H groups in total. The Morgan fingerprint density at radius 3 is 2.22 bits per heavy atom. The first-order chi connectivity index (χ1) is 17.4. The number of hydrogen-bond acceptors (Lipinski definition) is 5. The third kappa shape index (κ3) is 8.76. The zero-order chi connectivity index (χ0) is 27.8. The van der Waals surface area contributed by atoms with Gasteiger partial charge in [0.25, 0.3) is 0 Å². The van der Waals surface area contributed by atoms with E-state index in [0.29, 0.717) is 6.54 Å². The first kappa shape index (κ1) is 30.1. The summed E-state index contributed by atoms with van der Waals surface area (Å²) in [6.07, 6.45) is 3.99. The molecule has 0 aliphatic heterocycles. The summed E-state index contributed by atoms with van der Waals surface area (Å²) in [6, 6.07) is 3.39. The van der Waals surface area contributed by atoms with Gasteiger partial charge in [0.05, 0.1) is 6.42 Å². The number of amides is 4. The lowest BCUT2D eigenvalue weighted by atomic mass is 9.86. The van der Waals surface area contributed by atoms with Gasteiger partial charge in [-0.1, -0.05) is 38.0 Å². The van der Waals surface area contributed by atoms with Crippen molar-refractivity contribution >= 4 is 23.8 Å². The Labute approximate surface area is 220 Å². The SMILES string of the molecule is CCCCCNC(=O)C(c1c(C)cccc1C)N(C(=O)C(CC(N)=O)NC(=O)OC(C)(C)C)C1CCC1. The molecule has 0 aromatic heterocycles. The minimum atomic E-state index is -1.26. The number of nitrogens with one attached hydrogen (secondary N) is 2. The Bertz CT molecular complexity index is 948. The van der Waals surface area contributed by atoms with Crippen LogP contribution in [0.4, 0.5) is 4.79 Å². The molecular weight excluding hydrogens is 472 g/mol. The number of carbonyl (C=O) groups is 4. The van der Waals surface area contributed by atoms with Crippen LogP contribution in [0, 0.1) is 13.8 Å². The lowest BCUT2D eigenvalue weighted by Crippen LogP contribution is -2.58. The van der Waals surface area contributed by atoms with E-state index in [-0.39, 0.29) is 11.9 Å². The van der Waals surface area contributed by atoms with Gasteiger partial charge in [0.2, 0.25) is 17.7 Å². The van der Waals surface area contributed by atoms with Gasteiger partial charge in [-0.25, -0.2) is 4.79 Å². The maximum absolute atomic E-state index is 14.1. The number of unbranched alkanes of at least 4 members (excludes halogenated alkanes) is 2. The fourth-order valence-electron chi connectivity index (χ4n) is 4.55. The van der Waals surface area contributed by atoms with E-state index >= 15 is 0 Å². The summed E-state index contributed by atoms with van der Waals surface area (Å²) in [7, 11) is 0. The molecule has 2 atom stereocenters. The number of rotatable bonds is 12. The lowest BCUT2D eigenvalue weighted by Gasteiger charge is -2.44. The Morgan fingerprint density at radius 2 is 1.73 bits per heavy atom. The minimum absolute atomic E-state index is 0.200.